The lowest BCUT2D eigenvalue weighted by molar-refractivity contribution is 0.122. The first-order chi connectivity index (χ1) is 14.6. The lowest BCUT2D eigenvalue weighted by Gasteiger charge is -2.29. The van der Waals surface area contributed by atoms with Crippen LogP contribution in [0.5, 0.6) is 5.75 Å². The van der Waals surface area contributed by atoms with E-state index in [9.17, 15) is 9.90 Å². The number of aromatic hydroxyl groups is 1. The van der Waals surface area contributed by atoms with E-state index in [1.165, 1.54) is 0 Å². The molecule has 0 unspecified atom stereocenters. The lowest BCUT2D eigenvalue weighted by atomic mass is 9.96. The largest absolute Gasteiger partial charge is 0.508 e. The van der Waals surface area contributed by atoms with Crippen LogP contribution in [0.15, 0.2) is 71.6 Å². The lowest BCUT2D eigenvalue weighted by Crippen LogP contribution is -2.36. The van der Waals surface area contributed by atoms with Gasteiger partial charge in [0.15, 0.2) is 5.43 Å². The maximum absolute atomic E-state index is 13.7. The van der Waals surface area contributed by atoms with Crippen LogP contribution in [-0.2, 0) is 11.2 Å². The fourth-order valence-corrected chi connectivity index (χ4v) is 3.94. The molecule has 0 amide bonds. The first kappa shape index (κ1) is 20.0. The number of H-pyrrole nitrogens is 1. The Hall–Kier alpha value is -3.31. The Balaban J connectivity index is 1.92. The van der Waals surface area contributed by atoms with Gasteiger partial charge in [0.25, 0.3) is 0 Å². The molecule has 30 heavy (non-hydrogen) atoms. The Morgan fingerprint density at radius 3 is 2.73 bits per heavy atom. The summed E-state index contributed by atoms with van der Waals surface area (Å²) in [4.78, 5) is 19.4. The van der Waals surface area contributed by atoms with Gasteiger partial charge in [-0.05, 0) is 48.4 Å². The number of benzene rings is 2. The molecule has 0 spiro atoms. The summed E-state index contributed by atoms with van der Waals surface area (Å²) in [7, 11) is 0. The zero-order chi connectivity index (χ0) is 21.1. The normalized spacial score (nSPS) is 14.8. The molecule has 1 aromatic heterocycles. The summed E-state index contributed by atoms with van der Waals surface area (Å²) in [6.07, 6.45) is 4.35. The molecule has 5 nitrogen and oxygen atoms in total. The number of ether oxygens (including phenoxy) is 1. The van der Waals surface area contributed by atoms with Crippen LogP contribution >= 0.6 is 0 Å². The summed E-state index contributed by atoms with van der Waals surface area (Å²) in [5.74, 6) is 0.134. The topological polar surface area (TPSA) is 65.6 Å². The van der Waals surface area contributed by atoms with Crippen molar-refractivity contribution in [1.82, 2.24) is 4.98 Å². The quantitative estimate of drug-likeness (QED) is 0.621. The molecule has 1 fully saturated rings. The van der Waals surface area contributed by atoms with Gasteiger partial charge >= 0.3 is 0 Å². The number of anilines is 1. The van der Waals surface area contributed by atoms with Gasteiger partial charge in [-0.1, -0.05) is 30.9 Å². The van der Waals surface area contributed by atoms with Gasteiger partial charge in [-0.2, -0.15) is 0 Å². The molecule has 0 radical (unpaired) electrons. The molecule has 4 rings (SSSR count). The molecule has 5 heteroatoms. The van der Waals surface area contributed by atoms with Gasteiger partial charge in [-0.15, -0.1) is 0 Å². The third-order valence-electron chi connectivity index (χ3n) is 5.59. The maximum atomic E-state index is 13.7. The molecular formula is C25H26N2O3. The number of nitrogens with one attached hydrogen (secondary N) is 1. The number of hydrogen-bond donors (Lipinski definition) is 2. The van der Waals surface area contributed by atoms with E-state index in [1.54, 1.807) is 24.3 Å². The smallest absolute Gasteiger partial charge is 0.197 e. The van der Waals surface area contributed by atoms with E-state index >= 15 is 0 Å². The van der Waals surface area contributed by atoms with E-state index in [1.807, 2.05) is 37.3 Å². The van der Waals surface area contributed by atoms with Crippen LogP contribution in [0.4, 0.5) is 5.69 Å². The molecule has 0 aliphatic carbocycles. The molecule has 2 N–H and O–H groups in total. The van der Waals surface area contributed by atoms with Crippen LogP contribution in [0.25, 0.3) is 22.0 Å². The van der Waals surface area contributed by atoms with Gasteiger partial charge in [0.05, 0.1) is 13.2 Å². The first-order valence-electron chi connectivity index (χ1n) is 10.2. The predicted molar refractivity (Wildman–Crippen MR) is 122 cm³/mol. The van der Waals surface area contributed by atoms with Gasteiger partial charge in [0.2, 0.25) is 0 Å². The fourth-order valence-electron chi connectivity index (χ4n) is 3.94. The summed E-state index contributed by atoms with van der Waals surface area (Å²) in [6, 6.07) is 12.8. The van der Waals surface area contributed by atoms with E-state index in [-0.39, 0.29) is 11.2 Å². The average Bonchev–Trinajstić information content (AvgIpc) is 2.78. The third kappa shape index (κ3) is 3.89. The maximum Gasteiger partial charge on any atom is 0.197 e. The van der Waals surface area contributed by atoms with Crippen LogP contribution < -0.4 is 10.3 Å². The minimum absolute atomic E-state index is 0.0426. The zero-order valence-electron chi connectivity index (χ0n) is 17.1. The van der Waals surface area contributed by atoms with Crippen molar-refractivity contribution >= 4 is 16.6 Å². The van der Waals surface area contributed by atoms with Crippen LogP contribution in [-0.4, -0.2) is 36.4 Å². The number of aromatic nitrogens is 1. The standard InChI is InChI=1S/C25H26N2O3/c1-3-17(4-2)14-23-24(18-6-5-7-20(28)15-18)25(29)21-16-19(8-9-22(21)26-23)27-10-12-30-13-11-27/h3-9,15-16,28H,1,10-14H2,2H3,(H,26,29)/b17-4+. The van der Waals surface area contributed by atoms with Gasteiger partial charge in [0, 0.05) is 47.4 Å². The molecular weight excluding hydrogens is 376 g/mol. The van der Waals surface area contributed by atoms with Crippen molar-refractivity contribution in [3.63, 3.8) is 0 Å². The Bertz CT molecular complexity index is 1170. The number of pyridine rings is 1. The minimum Gasteiger partial charge on any atom is -0.508 e. The van der Waals surface area contributed by atoms with Crippen LogP contribution in [0.3, 0.4) is 0 Å². The highest BCUT2D eigenvalue weighted by Gasteiger charge is 2.17. The van der Waals surface area contributed by atoms with E-state index in [0.29, 0.717) is 36.1 Å². The molecule has 0 bridgehead atoms. The molecule has 1 aliphatic rings. The van der Waals surface area contributed by atoms with Crippen molar-refractivity contribution in [1.29, 1.82) is 0 Å². The van der Waals surface area contributed by atoms with Crippen molar-refractivity contribution in [3.8, 4) is 16.9 Å². The second-order valence-electron chi connectivity index (χ2n) is 7.43. The Kier molecular flexibility index (Phi) is 5.72. The highest BCUT2D eigenvalue weighted by atomic mass is 16.5. The first-order valence-corrected chi connectivity index (χ1v) is 10.2. The Morgan fingerprint density at radius 1 is 1.23 bits per heavy atom. The van der Waals surface area contributed by atoms with Crippen LogP contribution in [0.1, 0.15) is 12.6 Å². The molecule has 2 heterocycles. The van der Waals surface area contributed by atoms with Crippen molar-refractivity contribution < 1.29 is 9.84 Å². The number of phenols is 1. The number of fused-ring (bicyclic) bond motifs is 1. The van der Waals surface area contributed by atoms with E-state index in [2.05, 4.69) is 16.5 Å². The van der Waals surface area contributed by atoms with Crippen molar-refractivity contribution in [2.24, 2.45) is 0 Å². The number of phenolic OH excluding ortho intramolecular Hbond substituents is 1. The van der Waals surface area contributed by atoms with E-state index in [4.69, 9.17) is 4.74 Å². The Morgan fingerprint density at radius 2 is 2.03 bits per heavy atom. The summed E-state index contributed by atoms with van der Waals surface area (Å²) in [5.41, 5.74) is 4.89. The minimum atomic E-state index is -0.0426. The monoisotopic (exact) mass is 402 g/mol. The van der Waals surface area contributed by atoms with Gasteiger partial charge in [0.1, 0.15) is 5.75 Å². The molecule has 1 aliphatic heterocycles. The molecule has 1 saturated heterocycles. The molecule has 0 atom stereocenters. The van der Waals surface area contributed by atoms with E-state index in [0.717, 1.165) is 35.6 Å². The summed E-state index contributed by atoms with van der Waals surface area (Å²) >= 11 is 0. The number of hydrogen-bond acceptors (Lipinski definition) is 4. The number of morpholine rings is 1. The van der Waals surface area contributed by atoms with E-state index < -0.39 is 0 Å². The summed E-state index contributed by atoms with van der Waals surface area (Å²) < 4.78 is 5.45. The van der Waals surface area contributed by atoms with Crippen molar-refractivity contribution in [2.45, 2.75) is 13.3 Å². The second kappa shape index (κ2) is 8.59. The Labute approximate surface area is 175 Å². The fraction of sp³-hybridized carbons (Fsp3) is 0.240. The van der Waals surface area contributed by atoms with Crippen molar-refractivity contribution in [2.75, 3.05) is 31.2 Å². The number of aromatic amines is 1. The molecule has 3 aromatic rings. The highest BCUT2D eigenvalue weighted by Crippen LogP contribution is 2.28. The van der Waals surface area contributed by atoms with Crippen LogP contribution in [0, 0.1) is 0 Å². The molecule has 154 valence electrons. The number of rotatable bonds is 5. The summed E-state index contributed by atoms with van der Waals surface area (Å²) in [5, 5.41) is 10.6. The van der Waals surface area contributed by atoms with Gasteiger partial charge in [-0.3, -0.25) is 4.79 Å². The van der Waals surface area contributed by atoms with Crippen LogP contribution in [0.2, 0.25) is 0 Å². The predicted octanol–water partition coefficient (Wildman–Crippen LogP) is 4.41. The van der Waals surface area contributed by atoms with Crippen molar-refractivity contribution in [3.05, 3.63) is 82.7 Å². The highest BCUT2D eigenvalue weighted by molar-refractivity contribution is 5.88. The average molecular weight is 402 g/mol. The third-order valence-corrected chi connectivity index (χ3v) is 5.59. The van der Waals surface area contributed by atoms with Gasteiger partial charge in [-0.25, -0.2) is 0 Å². The molecule has 2 aromatic carbocycles. The van der Waals surface area contributed by atoms with Gasteiger partial charge < -0.3 is 19.7 Å². The zero-order valence-corrected chi connectivity index (χ0v) is 17.1. The number of nitrogens with zero attached hydrogens (tertiary/aromatic N) is 1. The molecule has 0 saturated carbocycles. The SMILES string of the molecule is C=C/C(=C\C)Cc1[nH]c2ccc(N3CCOCC3)cc2c(=O)c1-c1cccc(O)c1. The second-order valence-corrected chi connectivity index (χ2v) is 7.43. The summed E-state index contributed by atoms with van der Waals surface area (Å²) in [6.45, 7) is 8.83. The number of allylic oxidation sites excluding steroid dienone is 3.